The lowest BCUT2D eigenvalue weighted by Crippen LogP contribution is -2.31. The molecule has 7 heteroatoms. The fourth-order valence-corrected chi connectivity index (χ4v) is 5.22. The Labute approximate surface area is 207 Å². The van der Waals surface area contributed by atoms with Gasteiger partial charge in [0.05, 0.1) is 0 Å². The number of carbonyl (C=O) groups is 1. The van der Waals surface area contributed by atoms with Crippen LogP contribution in [0.3, 0.4) is 0 Å². The average Bonchev–Trinajstić information content (AvgIpc) is 3.17. The second kappa shape index (κ2) is 9.88. The molecular weight excluding hydrogens is 436 g/mol. The van der Waals surface area contributed by atoms with E-state index in [0.29, 0.717) is 35.5 Å². The van der Waals surface area contributed by atoms with Crippen molar-refractivity contribution in [3.8, 4) is 11.5 Å². The highest BCUT2D eigenvalue weighted by Gasteiger charge is 2.27. The van der Waals surface area contributed by atoms with E-state index in [0.717, 1.165) is 42.8 Å². The Morgan fingerprint density at radius 1 is 1.17 bits per heavy atom. The Balaban J connectivity index is 1.65. The van der Waals surface area contributed by atoms with Gasteiger partial charge in [0.15, 0.2) is 29.4 Å². The second-order valence-corrected chi connectivity index (χ2v) is 10.7. The summed E-state index contributed by atoms with van der Waals surface area (Å²) in [6.07, 6.45) is 12.0. The summed E-state index contributed by atoms with van der Waals surface area (Å²) in [5.41, 5.74) is 4.96. The van der Waals surface area contributed by atoms with E-state index in [1.54, 1.807) is 0 Å². The molecule has 184 valence electrons. The van der Waals surface area contributed by atoms with Crippen LogP contribution in [0.15, 0.2) is 30.0 Å². The molecule has 2 atom stereocenters. The number of aromatic nitrogens is 5. The maximum Gasteiger partial charge on any atom is 0.196 e. The molecule has 0 amide bonds. The van der Waals surface area contributed by atoms with Crippen molar-refractivity contribution < 1.29 is 4.79 Å². The molecule has 0 bridgehead atoms. The van der Waals surface area contributed by atoms with Crippen molar-refractivity contribution in [2.24, 2.45) is 11.8 Å². The lowest BCUT2D eigenvalue weighted by atomic mass is 9.80. The summed E-state index contributed by atoms with van der Waals surface area (Å²) >= 11 is 0. The number of aldehydes is 1. The van der Waals surface area contributed by atoms with Crippen molar-refractivity contribution in [1.29, 1.82) is 0 Å². The Morgan fingerprint density at radius 2 is 2.00 bits per heavy atom. The minimum Gasteiger partial charge on any atom is -0.365 e. The number of fused-ring (bicyclic) bond motifs is 1. The summed E-state index contributed by atoms with van der Waals surface area (Å²) in [5, 5.41) is 3.64. The number of imidazole rings is 1. The van der Waals surface area contributed by atoms with E-state index in [9.17, 15) is 4.79 Å². The molecule has 2 aliphatic rings. The van der Waals surface area contributed by atoms with Crippen molar-refractivity contribution >= 4 is 23.3 Å². The number of carbonyl (C=O) groups excluding carboxylic acids is 1. The van der Waals surface area contributed by atoms with Crippen molar-refractivity contribution in [1.82, 2.24) is 24.5 Å². The lowest BCUT2D eigenvalue weighted by molar-refractivity contribution is 0.111. The number of allylic oxidation sites excluding steroid dienone is 2. The highest BCUT2D eigenvalue weighted by molar-refractivity contribution is 5.89. The van der Waals surface area contributed by atoms with Gasteiger partial charge in [-0.25, -0.2) is 15.0 Å². The first-order valence-corrected chi connectivity index (χ1v) is 13.0. The minimum absolute atomic E-state index is 0.164. The predicted molar refractivity (Wildman–Crippen MR) is 140 cm³/mol. The van der Waals surface area contributed by atoms with Crippen LogP contribution in [-0.2, 0) is 6.54 Å². The van der Waals surface area contributed by atoms with Gasteiger partial charge in [-0.1, -0.05) is 31.9 Å². The predicted octanol–water partition coefficient (Wildman–Crippen LogP) is 6.17. The van der Waals surface area contributed by atoms with Gasteiger partial charge in [0.1, 0.15) is 11.2 Å². The first kappa shape index (κ1) is 23.6. The molecule has 35 heavy (non-hydrogen) atoms. The fourth-order valence-electron chi connectivity index (χ4n) is 5.22. The summed E-state index contributed by atoms with van der Waals surface area (Å²) in [6, 6.07) is 4.47. The summed E-state index contributed by atoms with van der Waals surface area (Å²) in [4.78, 5) is 30.5. The van der Waals surface area contributed by atoms with Crippen molar-refractivity contribution in [2.45, 2.75) is 84.7 Å². The minimum atomic E-state index is 0.164. The van der Waals surface area contributed by atoms with E-state index in [-0.39, 0.29) is 11.9 Å². The number of hydrogen-bond donors (Lipinski definition) is 1. The van der Waals surface area contributed by atoms with Crippen molar-refractivity contribution in [2.75, 3.05) is 5.32 Å². The monoisotopic (exact) mass is 472 g/mol. The molecule has 7 nitrogen and oxygen atoms in total. The molecule has 1 saturated carbocycles. The highest BCUT2D eigenvalue weighted by Crippen LogP contribution is 2.35. The molecule has 1 unspecified atom stereocenters. The Bertz CT molecular complexity index is 1260. The van der Waals surface area contributed by atoms with Crippen LogP contribution < -0.4 is 5.32 Å². The van der Waals surface area contributed by atoms with Crippen molar-refractivity contribution in [3.05, 3.63) is 41.4 Å². The summed E-state index contributed by atoms with van der Waals surface area (Å²) in [7, 11) is 0. The third kappa shape index (κ3) is 4.86. The summed E-state index contributed by atoms with van der Waals surface area (Å²) in [5.74, 6) is 3.20. The normalized spacial score (nSPS) is 19.5. The van der Waals surface area contributed by atoms with Gasteiger partial charge in [0.25, 0.3) is 0 Å². The van der Waals surface area contributed by atoms with Gasteiger partial charge in [-0.2, -0.15) is 0 Å². The molecule has 3 heterocycles. The molecule has 3 aromatic heterocycles. The van der Waals surface area contributed by atoms with Crippen LogP contribution in [0, 0.1) is 11.8 Å². The van der Waals surface area contributed by atoms with Crippen LogP contribution in [-0.4, -0.2) is 36.8 Å². The van der Waals surface area contributed by atoms with Gasteiger partial charge in [-0.05, 0) is 81.4 Å². The van der Waals surface area contributed by atoms with Crippen LogP contribution >= 0.6 is 0 Å². The van der Waals surface area contributed by atoms with Crippen LogP contribution in [0.4, 0.5) is 5.82 Å². The first-order chi connectivity index (χ1) is 16.9. The SMILES string of the molecule is CC1=CCC(Cn2c(-c3cc(C(C)C)ccn3)nc3nc(C=O)nc(N[C@H](C)C4CCC4)c32)CC1. The Kier molecular flexibility index (Phi) is 6.67. The zero-order valence-corrected chi connectivity index (χ0v) is 21.3. The molecule has 2 aliphatic carbocycles. The molecule has 1 N–H and O–H groups in total. The number of nitrogens with one attached hydrogen (secondary N) is 1. The van der Waals surface area contributed by atoms with Gasteiger partial charge < -0.3 is 9.88 Å². The van der Waals surface area contributed by atoms with Gasteiger partial charge in [0.2, 0.25) is 0 Å². The smallest absolute Gasteiger partial charge is 0.196 e. The number of pyridine rings is 1. The zero-order valence-electron chi connectivity index (χ0n) is 21.3. The Hall–Kier alpha value is -3.09. The number of rotatable bonds is 8. The first-order valence-electron chi connectivity index (χ1n) is 13.0. The van der Waals surface area contributed by atoms with E-state index < -0.39 is 0 Å². The van der Waals surface area contributed by atoms with Crippen LogP contribution in [0.1, 0.15) is 88.3 Å². The van der Waals surface area contributed by atoms with Gasteiger partial charge in [-0.3, -0.25) is 9.78 Å². The molecule has 0 spiro atoms. The van der Waals surface area contributed by atoms with Gasteiger partial charge in [0, 0.05) is 18.8 Å². The topological polar surface area (TPSA) is 85.6 Å². The second-order valence-electron chi connectivity index (χ2n) is 10.7. The van der Waals surface area contributed by atoms with Crippen LogP contribution in [0.5, 0.6) is 0 Å². The van der Waals surface area contributed by atoms with E-state index in [4.69, 9.17) is 9.97 Å². The standard InChI is InChI=1S/C28H36N6O/c1-17(2)22-12-13-29-23(14-22)28-33-27-25(34(28)15-20-10-8-18(3)9-11-20)26(31-24(16-35)32-27)30-19(4)21-6-5-7-21/h8,12-14,16-17,19-21H,5-7,9-11,15H2,1-4H3,(H,30,31,32)/t19-,20?/m1/s1. The third-order valence-electron chi connectivity index (χ3n) is 7.81. The molecule has 5 rings (SSSR count). The molecule has 0 radical (unpaired) electrons. The molecule has 1 fully saturated rings. The van der Waals surface area contributed by atoms with Gasteiger partial charge >= 0.3 is 0 Å². The third-order valence-corrected chi connectivity index (χ3v) is 7.81. The largest absolute Gasteiger partial charge is 0.365 e. The molecule has 0 aliphatic heterocycles. The molecule has 3 aromatic rings. The summed E-state index contributed by atoms with van der Waals surface area (Å²) in [6.45, 7) is 9.62. The van der Waals surface area contributed by atoms with E-state index >= 15 is 0 Å². The zero-order chi connectivity index (χ0) is 24.5. The van der Waals surface area contributed by atoms with E-state index in [2.05, 4.69) is 65.8 Å². The molecule has 0 saturated heterocycles. The van der Waals surface area contributed by atoms with Crippen LogP contribution in [0.2, 0.25) is 0 Å². The quantitative estimate of drug-likeness (QED) is 0.312. The maximum atomic E-state index is 11.7. The van der Waals surface area contributed by atoms with Crippen molar-refractivity contribution in [3.63, 3.8) is 0 Å². The maximum absolute atomic E-state index is 11.7. The number of hydrogen-bond acceptors (Lipinski definition) is 6. The fraction of sp³-hybridized carbons (Fsp3) is 0.536. The molecule has 0 aromatic carbocycles. The van der Waals surface area contributed by atoms with E-state index in [1.165, 1.54) is 30.4 Å². The summed E-state index contributed by atoms with van der Waals surface area (Å²) < 4.78 is 2.26. The van der Waals surface area contributed by atoms with Gasteiger partial charge in [-0.15, -0.1) is 0 Å². The van der Waals surface area contributed by atoms with Crippen LogP contribution in [0.25, 0.3) is 22.7 Å². The Morgan fingerprint density at radius 3 is 2.66 bits per heavy atom. The average molecular weight is 473 g/mol. The lowest BCUT2D eigenvalue weighted by Gasteiger charge is -2.32. The van der Waals surface area contributed by atoms with E-state index in [1.807, 2.05) is 6.20 Å². The molecular formula is C28H36N6O. The highest BCUT2D eigenvalue weighted by atomic mass is 16.1. The number of nitrogens with zero attached hydrogens (tertiary/aromatic N) is 5. The number of anilines is 1.